The summed E-state index contributed by atoms with van der Waals surface area (Å²) in [6.45, 7) is 8.98. The van der Waals surface area contributed by atoms with Crippen molar-refractivity contribution in [3.63, 3.8) is 0 Å². The Bertz CT molecular complexity index is 772. The maximum absolute atomic E-state index is 12.3. The van der Waals surface area contributed by atoms with Gasteiger partial charge in [-0.1, -0.05) is 6.07 Å². The summed E-state index contributed by atoms with van der Waals surface area (Å²) in [4.78, 5) is 24.0. The number of amides is 1. The van der Waals surface area contributed by atoms with Crippen LogP contribution >= 0.6 is 11.3 Å². The molecule has 0 radical (unpaired) electrons. The normalized spacial score (nSPS) is 17.8. The molecule has 140 valence electrons. The smallest absolute Gasteiger partial charge is 0.410 e. The number of nitrogens with zero attached hydrogens (tertiary/aromatic N) is 3. The number of nitrogens with one attached hydrogen (secondary N) is 1. The quantitative estimate of drug-likeness (QED) is 0.875. The second-order valence-corrected chi connectivity index (χ2v) is 8.37. The van der Waals surface area contributed by atoms with E-state index in [0.717, 1.165) is 15.7 Å². The average molecular weight is 376 g/mol. The van der Waals surface area contributed by atoms with Crippen molar-refractivity contribution in [3.05, 3.63) is 35.0 Å². The number of hydrogen-bond donors (Lipinski definition) is 1. The van der Waals surface area contributed by atoms with Crippen LogP contribution < -0.4 is 5.32 Å². The number of thiazole rings is 1. The van der Waals surface area contributed by atoms with E-state index in [1.165, 1.54) is 0 Å². The molecule has 8 heteroatoms. The molecule has 1 saturated heterocycles. The number of anilines is 2. The van der Waals surface area contributed by atoms with Crippen LogP contribution in [0.1, 0.15) is 37.4 Å². The first-order valence-corrected chi connectivity index (χ1v) is 9.38. The monoisotopic (exact) mass is 376 g/mol. The van der Waals surface area contributed by atoms with Gasteiger partial charge < -0.3 is 19.7 Å². The topological polar surface area (TPSA) is 76.6 Å². The third-order valence-corrected chi connectivity index (χ3v) is 4.50. The minimum atomic E-state index is -0.515. The van der Waals surface area contributed by atoms with Crippen molar-refractivity contribution in [2.24, 2.45) is 0 Å². The summed E-state index contributed by atoms with van der Waals surface area (Å²) in [5.41, 5.74) is 0.260. The van der Waals surface area contributed by atoms with Gasteiger partial charge in [0.05, 0.1) is 18.8 Å². The van der Waals surface area contributed by atoms with E-state index in [-0.39, 0.29) is 12.2 Å². The molecule has 0 spiro atoms. The molecule has 2 aromatic rings. The SMILES string of the molecule is Cc1cnc(Nc2cccc([C@H]3CN(C(=O)OC(C)(C)C)CCO3)n2)s1. The Morgan fingerprint density at radius 1 is 1.42 bits per heavy atom. The van der Waals surface area contributed by atoms with Gasteiger partial charge in [0, 0.05) is 17.6 Å². The summed E-state index contributed by atoms with van der Waals surface area (Å²) >= 11 is 1.57. The Morgan fingerprint density at radius 3 is 2.92 bits per heavy atom. The first kappa shape index (κ1) is 18.6. The van der Waals surface area contributed by atoms with E-state index in [1.54, 1.807) is 16.2 Å². The lowest BCUT2D eigenvalue weighted by atomic mass is 10.2. The number of pyridine rings is 1. The Kier molecular flexibility index (Phi) is 5.43. The van der Waals surface area contributed by atoms with Gasteiger partial charge in [0.1, 0.15) is 17.5 Å². The van der Waals surface area contributed by atoms with Crippen molar-refractivity contribution in [2.75, 3.05) is 25.0 Å². The molecule has 26 heavy (non-hydrogen) atoms. The molecular formula is C18H24N4O3S. The standard InChI is InChI=1S/C18H24N4O3S/c1-12-10-19-16(26-12)21-15-7-5-6-13(20-15)14-11-22(8-9-24-14)17(23)25-18(2,3)4/h5-7,10,14H,8-9,11H2,1-4H3,(H,19,20,21)/t14-/m1/s1. The number of aromatic nitrogens is 2. The van der Waals surface area contributed by atoms with E-state index in [9.17, 15) is 4.79 Å². The maximum Gasteiger partial charge on any atom is 0.410 e. The number of carbonyl (C=O) groups is 1. The highest BCUT2D eigenvalue weighted by molar-refractivity contribution is 7.15. The molecule has 0 aliphatic carbocycles. The highest BCUT2D eigenvalue weighted by Crippen LogP contribution is 2.25. The third kappa shape index (κ3) is 4.92. The zero-order valence-electron chi connectivity index (χ0n) is 15.5. The summed E-state index contributed by atoms with van der Waals surface area (Å²) in [6, 6.07) is 5.71. The zero-order chi connectivity index (χ0) is 18.7. The van der Waals surface area contributed by atoms with Gasteiger partial charge in [-0.05, 0) is 39.8 Å². The number of ether oxygens (including phenoxy) is 2. The molecule has 0 aromatic carbocycles. The molecule has 7 nitrogen and oxygen atoms in total. The van der Waals surface area contributed by atoms with Gasteiger partial charge in [-0.15, -0.1) is 11.3 Å². The minimum absolute atomic E-state index is 0.281. The number of aryl methyl sites for hydroxylation is 1. The molecular weight excluding hydrogens is 352 g/mol. The van der Waals surface area contributed by atoms with E-state index in [0.29, 0.717) is 25.5 Å². The van der Waals surface area contributed by atoms with Crippen LogP contribution in [0.25, 0.3) is 0 Å². The second kappa shape index (κ2) is 7.59. The van der Waals surface area contributed by atoms with Gasteiger partial charge in [-0.25, -0.2) is 14.8 Å². The molecule has 0 bridgehead atoms. The zero-order valence-corrected chi connectivity index (χ0v) is 16.3. The Labute approximate surface area is 157 Å². The molecule has 0 saturated carbocycles. The molecule has 1 fully saturated rings. The Morgan fingerprint density at radius 2 is 2.23 bits per heavy atom. The number of hydrogen-bond acceptors (Lipinski definition) is 7. The van der Waals surface area contributed by atoms with Crippen molar-refractivity contribution in [2.45, 2.75) is 39.4 Å². The molecule has 2 aromatic heterocycles. The summed E-state index contributed by atoms with van der Waals surface area (Å²) in [5, 5.41) is 4.00. The van der Waals surface area contributed by atoms with Gasteiger partial charge in [0.15, 0.2) is 5.13 Å². The Balaban J connectivity index is 1.68. The first-order valence-electron chi connectivity index (χ1n) is 8.56. The van der Waals surface area contributed by atoms with Crippen LogP contribution in [0.4, 0.5) is 15.7 Å². The second-order valence-electron chi connectivity index (χ2n) is 7.13. The number of carbonyl (C=O) groups excluding carboxylic acids is 1. The van der Waals surface area contributed by atoms with Crippen LogP contribution in [0, 0.1) is 6.92 Å². The molecule has 1 N–H and O–H groups in total. The lowest BCUT2D eigenvalue weighted by molar-refractivity contribution is -0.0446. The average Bonchev–Trinajstić information content (AvgIpc) is 2.98. The van der Waals surface area contributed by atoms with Gasteiger partial charge in [0.25, 0.3) is 0 Å². The summed E-state index contributed by atoms with van der Waals surface area (Å²) in [6.07, 6.45) is 1.22. The van der Waals surface area contributed by atoms with Crippen LogP contribution in [-0.4, -0.2) is 46.3 Å². The van der Waals surface area contributed by atoms with Crippen LogP contribution in [0.15, 0.2) is 24.4 Å². The molecule has 1 aliphatic rings. The number of morpholine rings is 1. The van der Waals surface area contributed by atoms with Gasteiger partial charge in [0.2, 0.25) is 0 Å². The third-order valence-electron chi connectivity index (χ3n) is 3.67. The van der Waals surface area contributed by atoms with Crippen molar-refractivity contribution in [3.8, 4) is 0 Å². The van der Waals surface area contributed by atoms with E-state index >= 15 is 0 Å². The summed E-state index contributed by atoms with van der Waals surface area (Å²) < 4.78 is 11.3. The van der Waals surface area contributed by atoms with Crippen LogP contribution in [-0.2, 0) is 9.47 Å². The van der Waals surface area contributed by atoms with Gasteiger partial charge >= 0.3 is 6.09 Å². The maximum atomic E-state index is 12.3. The van der Waals surface area contributed by atoms with Crippen molar-refractivity contribution in [1.82, 2.24) is 14.9 Å². The molecule has 3 heterocycles. The molecule has 1 amide bonds. The van der Waals surface area contributed by atoms with Gasteiger partial charge in [-0.3, -0.25) is 0 Å². The first-order chi connectivity index (χ1) is 12.3. The van der Waals surface area contributed by atoms with E-state index in [4.69, 9.17) is 9.47 Å². The fourth-order valence-electron chi connectivity index (χ4n) is 2.54. The van der Waals surface area contributed by atoms with Crippen molar-refractivity contribution in [1.29, 1.82) is 0 Å². The fourth-order valence-corrected chi connectivity index (χ4v) is 3.21. The predicted molar refractivity (Wildman–Crippen MR) is 101 cm³/mol. The van der Waals surface area contributed by atoms with Crippen LogP contribution in [0.2, 0.25) is 0 Å². The van der Waals surface area contributed by atoms with Crippen LogP contribution in [0.3, 0.4) is 0 Å². The molecule has 0 unspecified atom stereocenters. The molecule has 1 aliphatic heterocycles. The molecule has 1 atom stereocenters. The predicted octanol–water partition coefficient (Wildman–Crippen LogP) is 3.90. The van der Waals surface area contributed by atoms with Crippen LogP contribution in [0.5, 0.6) is 0 Å². The minimum Gasteiger partial charge on any atom is -0.444 e. The lowest BCUT2D eigenvalue weighted by Gasteiger charge is -2.34. The largest absolute Gasteiger partial charge is 0.444 e. The molecule has 3 rings (SSSR count). The highest BCUT2D eigenvalue weighted by Gasteiger charge is 2.29. The lowest BCUT2D eigenvalue weighted by Crippen LogP contribution is -2.44. The summed E-state index contributed by atoms with van der Waals surface area (Å²) in [5.74, 6) is 0.704. The Hall–Kier alpha value is -2.19. The van der Waals surface area contributed by atoms with Gasteiger partial charge in [-0.2, -0.15) is 0 Å². The van der Waals surface area contributed by atoms with E-state index in [2.05, 4.69) is 15.3 Å². The fraction of sp³-hybridized carbons (Fsp3) is 0.500. The summed E-state index contributed by atoms with van der Waals surface area (Å²) in [7, 11) is 0. The van der Waals surface area contributed by atoms with Crippen molar-refractivity contribution >= 4 is 28.4 Å². The van der Waals surface area contributed by atoms with E-state index < -0.39 is 5.60 Å². The van der Waals surface area contributed by atoms with Crippen molar-refractivity contribution < 1.29 is 14.3 Å². The van der Waals surface area contributed by atoms with E-state index in [1.807, 2.05) is 52.1 Å². The number of rotatable bonds is 3. The highest BCUT2D eigenvalue weighted by atomic mass is 32.1.